The van der Waals surface area contributed by atoms with Crippen LogP contribution in [0.25, 0.3) is 0 Å². The first-order chi connectivity index (χ1) is 11.5. The van der Waals surface area contributed by atoms with Gasteiger partial charge in [-0.25, -0.2) is 4.79 Å². The molecule has 2 aromatic carbocycles. The van der Waals surface area contributed by atoms with Crippen molar-refractivity contribution in [2.24, 2.45) is 0 Å². The van der Waals surface area contributed by atoms with Crippen LogP contribution in [0.1, 0.15) is 29.2 Å². The molecule has 0 heterocycles. The van der Waals surface area contributed by atoms with E-state index in [-0.39, 0.29) is 6.03 Å². The van der Waals surface area contributed by atoms with Gasteiger partial charge in [0, 0.05) is 5.69 Å². The topological polar surface area (TPSA) is 50.4 Å². The Kier molecular flexibility index (Phi) is 6.24. The van der Waals surface area contributed by atoms with E-state index in [1.807, 2.05) is 51.1 Å². The quantitative estimate of drug-likeness (QED) is 0.774. The second-order valence-electron chi connectivity index (χ2n) is 6.02. The lowest BCUT2D eigenvalue weighted by Crippen LogP contribution is -2.32. The van der Waals surface area contributed by atoms with Gasteiger partial charge in [0.1, 0.15) is 12.4 Å². The van der Waals surface area contributed by atoms with Crippen LogP contribution in [-0.4, -0.2) is 19.2 Å². The number of hydrogen-bond acceptors (Lipinski definition) is 2. The zero-order valence-corrected chi connectivity index (χ0v) is 14.9. The highest BCUT2D eigenvalue weighted by atomic mass is 16.5. The summed E-state index contributed by atoms with van der Waals surface area (Å²) in [4.78, 5) is 12.1. The summed E-state index contributed by atoms with van der Waals surface area (Å²) in [5.41, 5.74) is 5.44. The van der Waals surface area contributed by atoms with Gasteiger partial charge in [0.2, 0.25) is 0 Å². The van der Waals surface area contributed by atoms with E-state index in [9.17, 15) is 4.79 Å². The molecule has 0 radical (unpaired) electrons. The first-order valence-electron chi connectivity index (χ1n) is 8.34. The first kappa shape index (κ1) is 17.9. The number of amides is 2. The highest BCUT2D eigenvalue weighted by Crippen LogP contribution is 2.20. The van der Waals surface area contributed by atoms with E-state index >= 15 is 0 Å². The summed E-state index contributed by atoms with van der Waals surface area (Å²) in [5, 5.41) is 5.78. The zero-order valence-electron chi connectivity index (χ0n) is 14.9. The molecule has 0 atom stereocenters. The molecule has 0 unspecified atom stereocenters. The molecule has 0 spiro atoms. The molecule has 0 aliphatic heterocycles. The van der Waals surface area contributed by atoms with Gasteiger partial charge in [0.25, 0.3) is 0 Å². The van der Waals surface area contributed by atoms with Gasteiger partial charge in [-0.05, 0) is 61.6 Å². The average Bonchev–Trinajstić information content (AvgIpc) is 2.52. The van der Waals surface area contributed by atoms with Crippen LogP contribution in [0.15, 0.2) is 36.4 Å². The molecule has 2 N–H and O–H groups in total. The van der Waals surface area contributed by atoms with Crippen molar-refractivity contribution >= 4 is 11.7 Å². The standard InChI is InChI=1S/C20H26N2O2/c1-5-17-8-6-7-16(4)19(17)22-20(23)21-9-10-24-18-12-14(2)11-15(3)13-18/h6-8,11-13H,5,9-10H2,1-4H3,(H2,21,22,23). The highest BCUT2D eigenvalue weighted by molar-refractivity contribution is 5.91. The molecule has 0 saturated heterocycles. The van der Waals surface area contributed by atoms with E-state index in [0.717, 1.165) is 29.0 Å². The lowest BCUT2D eigenvalue weighted by atomic mass is 10.1. The SMILES string of the molecule is CCc1cccc(C)c1NC(=O)NCCOc1cc(C)cc(C)c1. The Morgan fingerprint density at radius 3 is 2.46 bits per heavy atom. The number of rotatable bonds is 6. The van der Waals surface area contributed by atoms with E-state index in [1.54, 1.807) is 0 Å². The maximum absolute atomic E-state index is 12.1. The van der Waals surface area contributed by atoms with Crippen molar-refractivity contribution in [3.63, 3.8) is 0 Å². The Morgan fingerprint density at radius 1 is 1.08 bits per heavy atom. The molecule has 0 aromatic heterocycles. The van der Waals surface area contributed by atoms with Crippen LogP contribution in [-0.2, 0) is 6.42 Å². The van der Waals surface area contributed by atoms with Crippen LogP contribution in [0.2, 0.25) is 0 Å². The van der Waals surface area contributed by atoms with Crippen LogP contribution in [0.5, 0.6) is 5.75 Å². The molecule has 0 aliphatic rings. The van der Waals surface area contributed by atoms with Gasteiger partial charge in [-0.15, -0.1) is 0 Å². The normalized spacial score (nSPS) is 10.3. The molecule has 0 bridgehead atoms. The van der Waals surface area contributed by atoms with Crippen molar-refractivity contribution in [1.29, 1.82) is 0 Å². The number of benzene rings is 2. The fourth-order valence-electron chi connectivity index (χ4n) is 2.71. The van der Waals surface area contributed by atoms with E-state index in [0.29, 0.717) is 13.2 Å². The van der Waals surface area contributed by atoms with Crippen molar-refractivity contribution < 1.29 is 9.53 Å². The lowest BCUT2D eigenvalue weighted by molar-refractivity contribution is 0.247. The molecule has 2 rings (SSSR count). The predicted octanol–water partition coefficient (Wildman–Crippen LogP) is 4.37. The third-order valence-corrected chi connectivity index (χ3v) is 3.83. The summed E-state index contributed by atoms with van der Waals surface area (Å²) in [6, 6.07) is 11.9. The maximum atomic E-state index is 12.1. The Bertz CT molecular complexity index is 691. The smallest absolute Gasteiger partial charge is 0.319 e. The molecule has 2 aromatic rings. The Hall–Kier alpha value is -2.49. The molecule has 0 aliphatic carbocycles. The molecule has 0 saturated carbocycles. The predicted molar refractivity (Wildman–Crippen MR) is 99.0 cm³/mol. The molecular formula is C20H26N2O2. The number of urea groups is 1. The van der Waals surface area contributed by atoms with E-state index in [2.05, 4.69) is 23.6 Å². The molecule has 24 heavy (non-hydrogen) atoms. The maximum Gasteiger partial charge on any atom is 0.319 e. The Balaban J connectivity index is 1.82. The third-order valence-electron chi connectivity index (χ3n) is 3.83. The van der Waals surface area contributed by atoms with Crippen molar-refractivity contribution in [2.75, 3.05) is 18.5 Å². The minimum absolute atomic E-state index is 0.206. The summed E-state index contributed by atoms with van der Waals surface area (Å²) in [6.45, 7) is 9.04. The summed E-state index contributed by atoms with van der Waals surface area (Å²) in [5.74, 6) is 0.835. The second-order valence-corrected chi connectivity index (χ2v) is 6.02. The van der Waals surface area contributed by atoms with Gasteiger partial charge in [-0.3, -0.25) is 0 Å². The van der Waals surface area contributed by atoms with Gasteiger partial charge >= 0.3 is 6.03 Å². The Morgan fingerprint density at radius 2 is 1.79 bits per heavy atom. The number of hydrogen-bond donors (Lipinski definition) is 2. The second kappa shape index (κ2) is 8.39. The summed E-state index contributed by atoms with van der Waals surface area (Å²) < 4.78 is 5.69. The minimum Gasteiger partial charge on any atom is -0.492 e. The molecule has 4 heteroatoms. The minimum atomic E-state index is -0.206. The van der Waals surface area contributed by atoms with Gasteiger partial charge in [-0.1, -0.05) is 31.2 Å². The third kappa shape index (κ3) is 5.01. The van der Waals surface area contributed by atoms with Crippen molar-refractivity contribution in [3.8, 4) is 5.75 Å². The van der Waals surface area contributed by atoms with Gasteiger partial charge in [-0.2, -0.15) is 0 Å². The molecule has 128 valence electrons. The number of ether oxygens (including phenoxy) is 1. The van der Waals surface area contributed by atoms with Crippen LogP contribution in [0, 0.1) is 20.8 Å². The van der Waals surface area contributed by atoms with Gasteiger partial charge in [0.05, 0.1) is 6.54 Å². The zero-order chi connectivity index (χ0) is 17.5. The summed E-state index contributed by atoms with van der Waals surface area (Å²) >= 11 is 0. The summed E-state index contributed by atoms with van der Waals surface area (Å²) in [6.07, 6.45) is 0.882. The number of nitrogens with one attached hydrogen (secondary N) is 2. The van der Waals surface area contributed by atoms with Crippen molar-refractivity contribution in [3.05, 3.63) is 58.7 Å². The lowest BCUT2D eigenvalue weighted by Gasteiger charge is -2.14. The molecular weight excluding hydrogens is 300 g/mol. The highest BCUT2D eigenvalue weighted by Gasteiger charge is 2.08. The van der Waals surface area contributed by atoms with Crippen LogP contribution in [0.4, 0.5) is 10.5 Å². The van der Waals surface area contributed by atoms with E-state index < -0.39 is 0 Å². The van der Waals surface area contributed by atoms with E-state index in [4.69, 9.17) is 4.74 Å². The molecule has 4 nitrogen and oxygen atoms in total. The van der Waals surface area contributed by atoms with Crippen molar-refractivity contribution in [1.82, 2.24) is 5.32 Å². The number of anilines is 1. The first-order valence-corrected chi connectivity index (χ1v) is 8.34. The van der Waals surface area contributed by atoms with Gasteiger partial charge in [0.15, 0.2) is 0 Å². The number of para-hydroxylation sites is 1. The Labute approximate surface area is 144 Å². The van der Waals surface area contributed by atoms with Gasteiger partial charge < -0.3 is 15.4 Å². The average molecular weight is 326 g/mol. The number of carbonyl (C=O) groups excluding carboxylic acids is 1. The number of carbonyl (C=O) groups is 1. The van der Waals surface area contributed by atoms with E-state index in [1.165, 1.54) is 11.1 Å². The van der Waals surface area contributed by atoms with Crippen LogP contribution < -0.4 is 15.4 Å². The van der Waals surface area contributed by atoms with Crippen LogP contribution >= 0.6 is 0 Å². The monoisotopic (exact) mass is 326 g/mol. The largest absolute Gasteiger partial charge is 0.492 e. The fourth-order valence-corrected chi connectivity index (χ4v) is 2.71. The summed E-state index contributed by atoms with van der Waals surface area (Å²) in [7, 11) is 0. The van der Waals surface area contributed by atoms with Crippen LogP contribution in [0.3, 0.4) is 0 Å². The molecule has 0 fully saturated rings. The fraction of sp³-hybridized carbons (Fsp3) is 0.350. The number of aryl methyl sites for hydroxylation is 4. The molecule has 2 amide bonds. The van der Waals surface area contributed by atoms with Crippen molar-refractivity contribution in [2.45, 2.75) is 34.1 Å².